The van der Waals surface area contributed by atoms with Crippen LogP contribution in [0.3, 0.4) is 0 Å². The Morgan fingerprint density at radius 1 is 1.17 bits per heavy atom. The minimum absolute atomic E-state index is 0.240. The number of hydrogen-bond donors (Lipinski definition) is 0. The molecule has 0 saturated heterocycles. The number of hydrogen-bond acceptors (Lipinski definition) is 2. The molecule has 2 nitrogen and oxygen atoms in total. The van der Waals surface area contributed by atoms with Gasteiger partial charge in [0.2, 0.25) is 0 Å². The lowest BCUT2D eigenvalue weighted by Gasteiger charge is -2.25. The Kier molecular flexibility index (Phi) is 5.12. The molecule has 0 radical (unpaired) electrons. The van der Waals surface area contributed by atoms with Gasteiger partial charge in [0.1, 0.15) is 13.5 Å². The van der Waals surface area contributed by atoms with E-state index in [0.29, 0.717) is 13.0 Å². The third kappa shape index (κ3) is 2.91. The Bertz CT molecular complexity index is 152. The van der Waals surface area contributed by atoms with Gasteiger partial charge in [0.05, 0.1) is 0 Å². The van der Waals surface area contributed by atoms with Crippen molar-refractivity contribution in [1.29, 1.82) is 0 Å². The van der Waals surface area contributed by atoms with Crippen molar-refractivity contribution >= 4 is 7.14 Å². The topological polar surface area (TPSA) is 26.3 Å². The Hall–Kier alpha value is 0.190. The molecule has 0 N–H and O–H groups in total. The Labute approximate surface area is 76.1 Å². The van der Waals surface area contributed by atoms with Crippen molar-refractivity contribution in [2.75, 3.05) is 13.0 Å². The first-order valence-corrected chi connectivity index (χ1v) is 6.64. The first kappa shape index (κ1) is 12.2. The maximum Gasteiger partial charge on any atom is 0.117 e. The van der Waals surface area contributed by atoms with Crippen LogP contribution in [0, 0.1) is 0 Å². The maximum atomic E-state index is 12.2. The Balaban J connectivity index is 4.31. The third-order valence-electron chi connectivity index (χ3n) is 2.25. The molecule has 0 saturated carbocycles. The van der Waals surface area contributed by atoms with Crippen molar-refractivity contribution in [1.82, 2.24) is 0 Å². The quantitative estimate of drug-likeness (QED) is 0.625. The van der Waals surface area contributed by atoms with Crippen LogP contribution >= 0.6 is 7.14 Å². The van der Waals surface area contributed by atoms with E-state index in [1.807, 2.05) is 34.6 Å². The molecule has 0 aromatic heterocycles. The highest BCUT2D eigenvalue weighted by Crippen LogP contribution is 2.54. The zero-order valence-corrected chi connectivity index (χ0v) is 9.73. The zero-order chi connectivity index (χ0) is 9.78. The molecule has 0 aliphatic heterocycles. The van der Waals surface area contributed by atoms with Crippen LogP contribution in [0.1, 0.15) is 34.6 Å². The van der Waals surface area contributed by atoms with Gasteiger partial charge in [-0.2, -0.15) is 0 Å². The predicted octanol–water partition coefficient (Wildman–Crippen LogP) is 3.16. The van der Waals surface area contributed by atoms with Crippen LogP contribution in [0.25, 0.3) is 0 Å². The van der Waals surface area contributed by atoms with Crippen LogP contribution in [-0.4, -0.2) is 24.3 Å². The van der Waals surface area contributed by atoms with Gasteiger partial charge in [-0.25, -0.2) is 0 Å². The molecule has 0 aliphatic carbocycles. The highest BCUT2D eigenvalue weighted by Gasteiger charge is 2.30. The second-order valence-electron chi connectivity index (χ2n) is 3.66. The van der Waals surface area contributed by atoms with Crippen molar-refractivity contribution < 1.29 is 9.30 Å². The lowest BCUT2D eigenvalue weighted by Crippen LogP contribution is -2.13. The van der Waals surface area contributed by atoms with Gasteiger partial charge in [-0.05, 0) is 6.92 Å². The SMILES string of the molecule is CCOCP(=O)(C(C)C)C(C)C. The van der Waals surface area contributed by atoms with E-state index in [1.165, 1.54) is 0 Å². The van der Waals surface area contributed by atoms with Gasteiger partial charge in [-0.15, -0.1) is 0 Å². The summed E-state index contributed by atoms with van der Waals surface area (Å²) in [6, 6.07) is 0. The van der Waals surface area contributed by atoms with Gasteiger partial charge in [0.25, 0.3) is 0 Å². The molecular formula is C9H21O2P. The average Bonchev–Trinajstić information content (AvgIpc) is 1.99. The fourth-order valence-electron chi connectivity index (χ4n) is 1.13. The fourth-order valence-corrected chi connectivity index (χ4v) is 3.39. The van der Waals surface area contributed by atoms with Gasteiger partial charge in [0, 0.05) is 17.9 Å². The molecule has 0 aromatic rings. The summed E-state index contributed by atoms with van der Waals surface area (Å²) in [7, 11) is -2.10. The summed E-state index contributed by atoms with van der Waals surface area (Å²) < 4.78 is 17.5. The molecule has 0 aliphatic rings. The smallest absolute Gasteiger partial charge is 0.117 e. The van der Waals surface area contributed by atoms with E-state index in [9.17, 15) is 4.57 Å². The van der Waals surface area contributed by atoms with E-state index in [1.54, 1.807) is 0 Å². The van der Waals surface area contributed by atoms with E-state index in [2.05, 4.69) is 0 Å². The van der Waals surface area contributed by atoms with E-state index >= 15 is 0 Å². The largest absolute Gasteiger partial charge is 0.374 e. The second-order valence-corrected chi connectivity index (χ2v) is 7.70. The van der Waals surface area contributed by atoms with Crippen molar-refractivity contribution in [3.8, 4) is 0 Å². The zero-order valence-electron chi connectivity index (χ0n) is 8.83. The van der Waals surface area contributed by atoms with Crippen LogP contribution in [0.15, 0.2) is 0 Å². The van der Waals surface area contributed by atoms with Crippen LogP contribution in [0.5, 0.6) is 0 Å². The van der Waals surface area contributed by atoms with Crippen molar-refractivity contribution in [3.05, 3.63) is 0 Å². The minimum Gasteiger partial charge on any atom is -0.374 e. The summed E-state index contributed by atoms with van der Waals surface area (Å²) in [5.74, 6) is 0. The van der Waals surface area contributed by atoms with Crippen LogP contribution in [-0.2, 0) is 9.30 Å². The molecule has 0 unspecified atom stereocenters. The number of rotatable bonds is 5. The first-order valence-electron chi connectivity index (χ1n) is 4.61. The van der Waals surface area contributed by atoms with Gasteiger partial charge in [-0.3, -0.25) is 0 Å². The van der Waals surface area contributed by atoms with E-state index in [0.717, 1.165) is 0 Å². The molecule has 0 rings (SSSR count). The molecule has 74 valence electrons. The average molecular weight is 192 g/mol. The van der Waals surface area contributed by atoms with E-state index in [-0.39, 0.29) is 11.3 Å². The molecule has 12 heavy (non-hydrogen) atoms. The van der Waals surface area contributed by atoms with Crippen molar-refractivity contribution in [3.63, 3.8) is 0 Å². The second kappa shape index (κ2) is 5.04. The van der Waals surface area contributed by atoms with Crippen LogP contribution in [0.4, 0.5) is 0 Å². The lowest BCUT2D eigenvalue weighted by molar-refractivity contribution is 0.190. The predicted molar refractivity (Wildman–Crippen MR) is 54.4 cm³/mol. The first-order chi connectivity index (χ1) is 5.45. The molecule has 0 heterocycles. The molecule has 0 aromatic carbocycles. The summed E-state index contributed by atoms with van der Waals surface area (Å²) >= 11 is 0. The van der Waals surface area contributed by atoms with Crippen molar-refractivity contribution in [2.24, 2.45) is 0 Å². The summed E-state index contributed by atoms with van der Waals surface area (Å²) in [4.78, 5) is 0. The van der Waals surface area contributed by atoms with E-state index in [4.69, 9.17) is 4.74 Å². The summed E-state index contributed by atoms with van der Waals surface area (Å²) in [5.41, 5.74) is 0.480. The normalized spacial score (nSPS) is 12.9. The lowest BCUT2D eigenvalue weighted by atomic mass is 10.5. The minimum atomic E-state index is -2.10. The standard InChI is InChI=1S/C9H21O2P/c1-6-11-7-12(10,8(2)3)9(4)5/h8-9H,6-7H2,1-5H3. The summed E-state index contributed by atoms with van der Waals surface area (Å²) in [6.07, 6.45) is 0.443. The molecule has 0 fully saturated rings. The van der Waals surface area contributed by atoms with E-state index < -0.39 is 7.14 Å². The van der Waals surface area contributed by atoms with Crippen molar-refractivity contribution in [2.45, 2.75) is 45.9 Å². The Morgan fingerprint density at radius 2 is 1.58 bits per heavy atom. The molecule has 3 heteroatoms. The summed E-state index contributed by atoms with van der Waals surface area (Å²) in [6.45, 7) is 10.6. The molecule has 0 atom stereocenters. The maximum absolute atomic E-state index is 12.2. The van der Waals surface area contributed by atoms with Gasteiger partial charge >= 0.3 is 0 Å². The highest BCUT2D eigenvalue weighted by atomic mass is 31.2. The van der Waals surface area contributed by atoms with Crippen LogP contribution in [0.2, 0.25) is 0 Å². The van der Waals surface area contributed by atoms with Gasteiger partial charge < -0.3 is 9.30 Å². The van der Waals surface area contributed by atoms with Gasteiger partial charge in [0.15, 0.2) is 0 Å². The third-order valence-corrected chi connectivity index (χ3v) is 6.33. The molecular weight excluding hydrogens is 171 g/mol. The summed E-state index contributed by atoms with van der Waals surface area (Å²) in [5, 5.41) is 0. The highest BCUT2D eigenvalue weighted by molar-refractivity contribution is 7.65. The van der Waals surface area contributed by atoms with Gasteiger partial charge in [-0.1, -0.05) is 27.7 Å². The molecule has 0 amide bonds. The number of ether oxygens (including phenoxy) is 1. The molecule has 0 spiro atoms. The monoisotopic (exact) mass is 192 g/mol. The molecule has 0 bridgehead atoms. The Morgan fingerprint density at radius 3 is 1.83 bits per heavy atom. The fraction of sp³-hybridized carbons (Fsp3) is 1.00. The van der Waals surface area contributed by atoms with Crippen LogP contribution < -0.4 is 0 Å².